The highest BCUT2D eigenvalue weighted by atomic mass is 16.4. The van der Waals surface area contributed by atoms with Gasteiger partial charge < -0.3 is 5.11 Å². The average Bonchev–Trinajstić information content (AvgIpc) is 2.97. The van der Waals surface area contributed by atoms with Crippen LogP contribution in [0.2, 0.25) is 0 Å². The molecule has 1 saturated carbocycles. The molecule has 1 aliphatic carbocycles. The van der Waals surface area contributed by atoms with E-state index in [0.29, 0.717) is 0 Å². The van der Waals surface area contributed by atoms with E-state index in [1.54, 1.807) is 6.20 Å². The first kappa shape index (κ1) is 12.9. The van der Waals surface area contributed by atoms with E-state index in [1.165, 1.54) is 0 Å². The van der Waals surface area contributed by atoms with Gasteiger partial charge in [0.15, 0.2) is 0 Å². The molecule has 1 N–H and O–H groups in total. The van der Waals surface area contributed by atoms with E-state index in [0.717, 1.165) is 37.1 Å². The zero-order valence-electron chi connectivity index (χ0n) is 11.3. The van der Waals surface area contributed by atoms with Crippen molar-refractivity contribution in [3.63, 3.8) is 0 Å². The van der Waals surface area contributed by atoms with Gasteiger partial charge in [-0.3, -0.25) is 4.79 Å². The molecule has 1 aromatic carbocycles. The number of aliphatic carboxylic acids is 1. The molecule has 1 aromatic heterocycles. The number of aromatic nitrogens is 2. The van der Waals surface area contributed by atoms with Crippen LogP contribution in [0.25, 0.3) is 5.69 Å². The fourth-order valence-electron chi connectivity index (χ4n) is 3.16. The zero-order chi connectivity index (χ0) is 13.9. The van der Waals surface area contributed by atoms with Crippen LogP contribution < -0.4 is 0 Å². The number of hydrogen-bond donors (Lipinski definition) is 1. The Morgan fingerprint density at radius 1 is 1.15 bits per heavy atom. The van der Waals surface area contributed by atoms with Gasteiger partial charge in [-0.25, -0.2) is 4.68 Å². The third-order valence-corrected chi connectivity index (χ3v) is 4.14. The summed E-state index contributed by atoms with van der Waals surface area (Å²) in [6, 6.07) is 11.9. The first-order valence-electron chi connectivity index (χ1n) is 7.09. The van der Waals surface area contributed by atoms with Crippen LogP contribution in [0, 0.1) is 5.92 Å². The minimum atomic E-state index is -0.685. The van der Waals surface area contributed by atoms with E-state index in [9.17, 15) is 9.90 Å². The zero-order valence-corrected chi connectivity index (χ0v) is 11.3. The maximum Gasteiger partial charge on any atom is 0.307 e. The monoisotopic (exact) mass is 270 g/mol. The number of rotatable bonds is 3. The Morgan fingerprint density at radius 3 is 2.65 bits per heavy atom. The third-order valence-electron chi connectivity index (χ3n) is 4.14. The van der Waals surface area contributed by atoms with Crippen LogP contribution in [0.5, 0.6) is 0 Å². The van der Waals surface area contributed by atoms with Gasteiger partial charge >= 0.3 is 5.97 Å². The fraction of sp³-hybridized carbons (Fsp3) is 0.375. The summed E-state index contributed by atoms with van der Waals surface area (Å²) in [6.07, 6.45) is 5.55. The summed E-state index contributed by atoms with van der Waals surface area (Å²) < 4.78 is 1.88. The summed E-state index contributed by atoms with van der Waals surface area (Å²) >= 11 is 0. The van der Waals surface area contributed by atoms with Crippen LogP contribution in [0.4, 0.5) is 0 Å². The molecule has 3 rings (SSSR count). The maximum absolute atomic E-state index is 11.5. The summed E-state index contributed by atoms with van der Waals surface area (Å²) in [7, 11) is 0. The van der Waals surface area contributed by atoms with Gasteiger partial charge in [-0.1, -0.05) is 31.0 Å². The summed E-state index contributed by atoms with van der Waals surface area (Å²) in [4.78, 5) is 11.5. The molecular formula is C16H18N2O2. The number of carbonyl (C=O) groups is 1. The molecular weight excluding hydrogens is 252 g/mol. The number of hydrogen-bond acceptors (Lipinski definition) is 2. The van der Waals surface area contributed by atoms with Crippen LogP contribution in [-0.4, -0.2) is 20.9 Å². The molecule has 1 heterocycles. The lowest BCUT2D eigenvalue weighted by Crippen LogP contribution is -2.27. The average molecular weight is 270 g/mol. The van der Waals surface area contributed by atoms with Crippen molar-refractivity contribution in [1.29, 1.82) is 0 Å². The van der Waals surface area contributed by atoms with Crippen molar-refractivity contribution in [3.8, 4) is 5.69 Å². The molecule has 4 nitrogen and oxygen atoms in total. The van der Waals surface area contributed by atoms with Crippen molar-refractivity contribution >= 4 is 5.97 Å². The van der Waals surface area contributed by atoms with Gasteiger partial charge in [-0.2, -0.15) is 5.10 Å². The highest BCUT2D eigenvalue weighted by Crippen LogP contribution is 2.38. The smallest absolute Gasteiger partial charge is 0.307 e. The summed E-state index contributed by atoms with van der Waals surface area (Å²) in [5, 5.41) is 13.8. The summed E-state index contributed by atoms with van der Waals surface area (Å²) in [6.45, 7) is 0. The molecule has 2 unspecified atom stereocenters. The van der Waals surface area contributed by atoms with Crippen molar-refractivity contribution in [3.05, 3.63) is 48.3 Å². The molecule has 0 amide bonds. The van der Waals surface area contributed by atoms with Crippen LogP contribution in [0.15, 0.2) is 42.6 Å². The first-order valence-corrected chi connectivity index (χ1v) is 7.09. The van der Waals surface area contributed by atoms with Gasteiger partial charge in [0.05, 0.1) is 11.6 Å². The molecule has 1 aliphatic rings. The van der Waals surface area contributed by atoms with Crippen molar-refractivity contribution < 1.29 is 9.90 Å². The number of benzene rings is 1. The number of carboxylic acid groups (broad SMARTS) is 1. The highest BCUT2D eigenvalue weighted by Gasteiger charge is 2.33. The Labute approximate surface area is 118 Å². The van der Waals surface area contributed by atoms with Crippen molar-refractivity contribution in [2.75, 3.05) is 0 Å². The first-order chi connectivity index (χ1) is 9.77. The standard InChI is InChI=1S/C16H18N2O2/c19-16(20)14-9-5-4-8-13(14)15-10-11-17-18(15)12-6-2-1-3-7-12/h1-3,6-7,10-11,13-14H,4-5,8-9H2,(H,19,20). The normalized spacial score (nSPS) is 22.6. The SMILES string of the molecule is O=C(O)C1CCCCC1c1ccnn1-c1ccccc1. The molecule has 2 aromatic rings. The molecule has 0 bridgehead atoms. The molecule has 2 atom stereocenters. The highest BCUT2D eigenvalue weighted by molar-refractivity contribution is 5.71. The molecule has 104 valence electrons. The second-order valence-electron chi connectivity index (χ2n) is 5.34. The molecule has 0 saturated heterocycles. The molecule has 0 aliphatic heterocycles. The Bertz CT molecular complexity index is 592. The van der Waals surface area contributed by atoms with Crippen LogP contribution in [-0.2, 0) is 4.79 Å². The topological polar surface area (TPSA) is 55.1 Å². The lowest BCUT2D eigenvalue weighted by atomic mass is 9.77. The molecule has 1 fully saturated rings. The van der Waals surface area contributed by atoms with E-state index in [1.807, 2.05) is 41.1 Å². The fourth-order valence-corrected chi connectivity index (χ4v) is 3.16. The molecule has 0 spiro atoms. The van der Waals surface area contributed by atoms with Crippen molar-refractivity contribution in [2.24, 2.45) is 5.92 Å². The second kappa shape index (κ2) is 5.49. The Kier molecular flexibility index (Phi) is 3.54. The second-order valence-corrected chi connectivity index (χ2v) is 5.34. The number of para-hydroxylation sites is 1. The van der Waals surface area contributed by atoms with Gasteiger partial charge in [0, 0.05) is 17.8 Å². The molecule has 0 radical (unpaired) electrons. The van der Waals surface area contributed by atoms with E-state index in [4.69, 9.17) is 0 Å². The predicted octanol–water partition coefficient (Wildman–Crippen LogP) is 3.23. The minimum Gasteiger partial charge on any atom is -0.481 e. The van der Waals surface area contributed by atoms with Crippen molar-refractivity contribution in [2.45, 2.75) is 31.6 Å². The number of carboxylic acids is 1. The molecule has 20 heavy (non-hydrogen) atoms. The van der Waals surface area contributed by atoms with Gasteiger partial charge in [0.1, 0.15) is 0 Å². The van der Waals surface area contributed by atoms with Gasteiger partial charge in [-0.15, -0.1) is 0 Å². The van der Waals surface area contributed by atoms with Gasteiger partial charge in [0.25, 0.3) is 0 Å². The van der Waals surface area contributed by atoms with Crippen LogP contribution in [0.3, 0.4) is 0 Å². The summed E-state index contributed by atoms with van der Waals surface area (Å²) in [5.74, 6) is -0.914. The summed E-state index contributed by atoms with van der Waals surface area (Å²) in [5.41, 5.74) is 2.01. The predicted molar refractivity (Wildman–Crippen MR) is 75.9 cm³/mol. The molecule has 4 heteroatoms. The number of nitrogens with zero attached hydrogens (tertiary/aromatic N) is 2. The van der Waals surface area contributed by atoms with Crippen LogP contribution >= 0.6 is 0 Å². The van der Waals surface area contributed by atoms with E-state index in [2.05, 4.69) is 5.10 Å². The van der Waals surface area contributed by atoms with Gasteiger partial charge in [0.2, 0.25) is 0 Å². The van der Waals surface area contributed by atoms with E-state index in [-0.39, 0.29) is 11.8 Å². The van der Waals surface area contributed by atoms with E-state index < -0.39 is 5.97 Å². The van der Waals surface area contributed by atoms with Crippen molar-refractivity contribution in [1.82, 2.24) is 9.78 Å². The lowest BCUT2D eigenvalue weighted by molar-refractivity contribution is -0.143. The largest absolute Gasteiger partial charge is 0.481 e. The maximum atomic E-state index is 11.5. The van der Waals surface area contributed by atoms with Gasteiger partial charge in [-0.05, 0) is 31.0 Å². The lowest BCUT2D eigenvalue weighted by Gasteiger charge is -2.29. The minimum absolute atomic E-state index is 0.0592. The third kappa shape index (κ3) is 2.33. The Hall–Kier alpha value is -2.10. The Balaban J connectivity index is 1.98. The Morgan fingerprint density at radius 2 is 1.90 bits per heavy atom. The van der Waals surface area contributed by atoms with E-state index >= 15 is 0 Å². The van der Waals surface area contributed by atoms with Crippen LogP contribution in [0.1, 0.15) is 37.3 Å². The quantitative estimate of drug-likeness (QED) is 0.931.